The zero-order valence-electron chi connectivity index (χ0n) is 27.7. The van der Waals surface area contributed by atoms with Crippen LogP contribution < -0.4 is 18.9 Å². The number of hydrogen-bond acceptors (Lipinski definition) is 7. The molecule has 6 rings (SSSR count). The van der Waals surface area contributed by atoms with E-state index in [1.807, 2.05) is 24.3 Å². The first-order chi connectivity index (χ1) is 23.9. The summed E-state index contributed by atoms with van der Waals surface area (Å²) in [6.07, 6.45) is 3.48. The molecule has 0 spiro atoms. The first-order valence-electron chi connectivity index (χ1n) is 16.1. The Hall–Kier alpha value is -5.82. The third-order valence-corrected chi connectivity index (χ3v) is 8.91. The maximum atomic E-state index is 11.7. The van der Waals surface area contributed by atoms with Gasteiger partial charge in [0.25, 0.3) is 0 Å². The smallest absolute Gasteiger partial charge is 0.330 e. The van der Waals surface area contributed by atoms with Gasteiger partial charge in [-0.2, -0.15) is 0 Å². The average Bonchev–Trinajstić information content (AvgIpc) is 3.42. The van der Waals surface area contributed by atoms with Gasteiger partial charge in [0, 0.05) is 12.5 Å². The van der Waals surface area contributed by atoms with Crippen LogP contribution in [-0.4, -0.2) is 45.8 Å². The molecule has 0 bridgehead atoms. The summed E-state index contributed by atoms with van der Waals surface area (Å²) in [5.41, 5.74) is 5.64. The van der Waals surface area contributed by atoms with E-state index in [9.17, 15) is 9.59 Å². The second-order valence-electron chi connectivity index (χ2n) is 11.6. The molecule has 248 valence electrons. The summed E-state index contributed by atoms with van der Waals surface area (Å²) in [6.45, 7) is 7.72. The van der Waals surface area contributed by atoms with Crippen molar-refractivity contribution in [2.45, 2.75) is 18.3 Å². The number of esters is 1. The number of rotatable bonds is 15. The molecule has 49 heavy (non-hydrogen) atoms. The third-order valence-electron chi connectivity index (χ3n) is 8.91. The Labute approximate surface area is 286 Å². The lowest BCUT2D eigenvalue weighted by Crippen LogP contribution is -2.28. The molecule has 5 aromatic carbocycles. The molecule has 1 aliphatic rings. The molecule has 1 atom stereocenters. The van der Waals surface area contributed by atoms with Gasteiger partial charge in [-0.1, -0.05) is 61.7 Å². The lowest BCUT2D eigenvalue weighted by Gasteiger charge is -2.34. The van der Waals surface area contributed by atoms with Gasteiger partial charge >= 0.3 is 5.97 Å². The molecule has 0 aliphatic heterocycles. The molecule has 0 amide bonds. The maximum absolute atomic E-state index is 11.7. The Morgan fingerprint density at radius 3 is 1.80 bits per heavy atom. The number of methoxy groups -OCH3 is 2. The van der Waals surface area contributed by atoms with E-state index in [-0.39, 0.29) is 19.0 Å². The van der Waals surface area contributed by atoms with Crippen molar-refractivity contribution < 1.29 is 33.3 Å². The normalized spacial score (nSPS) is 14.3. The fraction of sp³-hybridized carbons (Fsp3) is 0.190. The molecule has 5 aromatic rings. The van der Waals surface area contributed by atoms with Gasteiger partial charge in [-0.15, -0.1) is 0 Å². The second kappa shape index (κ2) is 14.5. The largest absolute Gasteiger partial charge is 0.494 e. The predicted molar refractivity (Wildman–Crippen MR) is 191 cm³/mol. The Kier molecular flexibility index (Phi) is 9.81. The topological polar surface area (TPSA) is 80.3 Å². The quantitative estimate of drug-likeness (QED) is 0.0627. The summed E-state index contributed by atoms with van der Waals surface area (Å²) >= 11 is 0. The Morgan fingerprint density at radius 2 is 1.20 bits per heavy atom. The molecule has 0 N–H and O–H groups in total. The van der Waals surface area contributed by atoms with E-state index in [2.05, 4.69) is 86.0 Å². The van der Waals surface area contributed by atoms with Crippen molar-refractivity contribution in [1.29, 1.82) is 0 Å². The Balaban J connectivity index is 1.49. The zero-order chi connectivity index (χ0) is 34.4. The molecule has 0 fully saturated rings. The van der Waals surface area contributed by atoms with Crippen molar-refractivity contribution >= 4 is 22.5 Å². The predicted octanol–water partition coefficient (Wildman–Crippen LogP) is 8.24. The molecule has 7 heteroatoms. The van der Waals surface area contributed by atoms with E-state index in [0.717, 1.165) is 56.0 Å². The zero-order valence-corrected chi connectivity index (χ0v) is 27.7. The van der Waals surface area contributed by atoms with E-state index in [1.54, 1.807) is 14.2 Å². The van der Waals surface area contributed by atoms with Gasteiger partial charge in [0.1, 0.15) is 24.7 Å². The number of hydrogen-bond donors (Lipinski definition) is 0. The summed E-state index contributed by atoms with van der Waals surface area (Å²) < 4.78 is 28.7. The molecule has 1 unspecified atom stereocenters. The minimum Gasteiger partial charge on any atom is -0.494 e. The molecular weight excluding hydrogens is 616 g/mol. The molecule has 1 aliphatic carbocycles. The van der Waals surface area contributed by atoms with Crippen LogP contribution in [0.1, 0.15) is 35.1 Å². The van der Waals surface area contributed by atoms with Crippen molar-refractivity contribution in [3.05, 3.63) is 145 Å². The van der Waals surface area contributed by atoms with E-state index in [4.69, 9.17) is 23.7 Å². The van der Waals surface area contributed by atoms with E-state index < -0.39 is 11.4 Å². The molecule has 0 radical (unpaired) electrons. The summed E-state index contributed by atoms with van der Waals surface area (Å²) in [5, 5.41) is 2.26. The number of allylic oxidation sites excluding steroid dienone is 1. The Morgan fingerprint density at radius 1 is 0.653 bits per heavy atom. The SMILES string of the molecule is C=CC(=O)CCCOc1ccc(C2(c3ccc(OCCOC(=O)C=C)cc3)c3cc(OC)c(OC)cc3-c3cc4ccccc4cc32)cc1. The lowest BCUT2D eigenvalue weighted by molar-refractivity contribution is -0.138. The van der Waals surface area contributed by atoms with Crippen LogP contribution >= 0.6 is 0 Å². The molecule has 0 aromatic heterocycles. The lowest BCUT2D eigenvalue weighted by atomic mass is 9.67. The van der Waals surface area contributed by atoms with Crippen molar-refractivity contribution in [1.82, 2.24) is 0 Å². The van der Waals surface area contributed by atoms with Crippen LogP contribution in [0, 0.1) is 0 Å². The molecule has 0 heterocycles. The monoisotopic (exact) mass is 654 g/mol. The van der Waals surface area contributed by atoms with E-state index >= 15 is 0 Å². The standard InChI is InChI=1S/C42H38O7/c1-5-32(43)12-9-21-47-33-17-13-30(14-18-33)42(31-15-19-34(20-16-31)48-22-23-49-41(44)6-2)37-25-29-11-8-7-10-28(29)24-35(37)36-26-39(45-3)40(46-4)27-38(36)42/h5-8,10-11,13-20,24-27H,1-2,9,12,21-23H2,3-4H3. The van der Waals surface area contributed by atoms with Gasteiger partial charge < -0.3 is 23.7 Å². The fourth-order valence-electron chi connectivity index (χ4n) is 6.62. The summed E-state index contributed by atoms with van der Waals surface area (Å²) in [4.78, 5) is 23.1. The number of ether oxygens (including phenoxy) is 5. The highest BCUT2D eigenvalue weighted by Crippen LogP contribution is 2.59. The fourth-order valence-corrected chi connectivity index (χ4v) is 6.62. The summed E-state index contributed by atoms with van der Waals surface area (Å²) in [6, 6.07) is 33.2. The maximum Gasteiger partial charge on any atom is 0.330 e. The van der Waals surface area contributed by atoms with Crippen LogP contribution in [0.2, 0.25) is 0 Å². The average molecular weight is 655 g/mol. The van der Waals surface area contributed by atoms with Crippen molar-refractivity contribution in [3.8, 4) is 34.1 Å². The number of benzene rings is 5. The van der Waals surface area contributed by atoms with Crippen LogP contribution in [0.15, 0.2) is 122 Å². The van der Waals surface area contributed by atoms with Crippen molar-refractivity contribution in [3.63, 3.8) is 0 Å². The van der Waals surface area contributed by atoms with Crippen molar-refractivity contribution in [2.24, 2.45) is 0 Å². The molecular formula is C42H38O7. The first kappa shape index (κ1) is 33.1. The number of fused-ring (bicyclic) bond motifs is 4. The van der Waals surface area contributed by atoms with Crippen molar-refractivity contribution in [2.75, 3.05) is 34.0 Å². The highest BCUT2D eigenvalue weighted by atomic mass is 16.6. The van der Waals surface area contributed by atoms with E-state index in [0.29, 0.717) is 36.7 Å². The number of carbonyl (C=O) groups is 2. The van der Waals surface area contributed by atoms with Crippen LogP contribution in [0.3, 0.4) is 0 Å². The van der Waals surface area contributed by atoms with E-state index in [1.165, 1.54) is 6.08 Å². The van der Waals surface area contributed by atoms with Gasteiger partial charge in [-0.3, -0.25) is 4.79 Å². The highest BCUT2D eigenvalue weighted by Gasteiger charge is 2.47. The van der Waals surface area contributed by atoms with Gasteiger partial charge in [-0.25, -0.2) is 4.79 Å². The summed E-state index contributed by atoms with van der Waals surface area (Å²) in [7, 11) is 3.30. The number of carbonyl (C=O) groups excluding carboxylic acids is 2. The van der Waals surface area contributed by atoms with Gasteiger partial charge in [0.05, 0.1) is 26.2 Å². The molecule has 7 nitrogen and oxygen atoms in total. The van der Waals surface area contributed by atoms with Crippen LogP contribution in [0.25, 0.3) is 21.9 Å². The minimum absolute atomic E-state index is 0.00610. The van der Waals surface area contributed by atoms with Gasteiger partial charge in [0.2, 0.25) is 0 Å². The summed E-state index contributed by atoms with van der Waals surface area (Å²) in [5.74, 6) is 2.17. The van der Waals surface area contributed by atoms with Crippen LogP contribution in [-0.2, 0) is 19.7 Å². The number of ketones is 1. The van der Waals surface area contributed by atoms with Gasteiger partial charge in [0.15, 0.2) is 17.3 Å². The third kappa shape index (κ3) is 6.40. The van der Waals surface area contributed by atoms with Gasteiger partial charge in [-0.05, 0) is 105 Å². The van der Waals surface area contributed by atoms with Crippen LogP contribution in [0.4, 0.5) is 0 Å². The first-order valence-corrected chi connectivity index (χ1v) is 16.1. The molecule has 0 saturated carbocycles. The molecule has 0 saturated heterocycles. The second-order valence-corrected chi connectivity index (χ2v) is 11.6. The van der Waals surface area contributed by atoms with Crippen LogP contribution in [0.5, 0.6) is 23.0 Å². The highest BCUT2D eigenvalue weighted by molar-refractivity contribution is 5.96. The Bertz CT molecular complexity index is 1940. The minimum atomic E-state index is -0.749.